The summed E-state index contributed by atoms with van der Waals surface area (Å²) in [4.78, 5) is 17.5. The van der Waals surface area contributed by atoms with E-state index in [4.69, 9.17) is 9.47 Å². The summed E-state index contributed by atoms with van der Waals surface area (Å²) in [6.45, 7) is 3.04. The molecule has 1 amide bonds. The fourth-order valence-corrected chi connectivity index (χ4v) is 3.22. The van der Waals surface area contributed by atoms with Crippen LogP contribution in [0.15, 0.2) is 35.8 Å². The van der Waals surface area contributed by atoms with Crippen LogP contribution in [0.3, 0.4) is 0 Å². The van der Waals surface area contributed by atoms with E-state index in [9.17, 15) is 4.79 Å². The summed E-state index contributed by atoms with van der Waals surface area (Å²) in [5, 5.41) is 5.06. The second kappa shape index (κ2) is 7.57. The van der Waals surface area contributed by atoms with Crippen LogP contribution < -0.4 is 10.1 Å². The molecule has 1 saturated heterocycles. The van der Waals surface area contributed by atoms with Crippen LogP contribution in [0.25, 0.3) is 0 Å². The molecule has 3 heterocycles. The molecular formula is C17H20N2O3S. The number of thiophene rings is 1. The summed E-state index contributed by atoms with van der Waals surface area (Å²) in [7, 11) is 0. The number of nitrogens with zero attached hydrogens (tertiary/aromatic N) is 1. The van der Waals surface area contributed by atoms with Crippen LogP contribution in [0.2, 0.25) is 0 Å². The Hall–Kier alpha value is -1.92. The first-order valence-corrected chi connectivity index (χ1v) is 8.57. The Morgan fingerprint density at radius 1 is 1.48 bits per heavy atom. The second-order valence-corrected chi connectivity index (χ2v) is 6.62. The number of carbonyl (C=O) groups excluding carboxylic acids is 1. The van der Waals surface area contributed by atoms with Crippen molar-refractivity contribution in [1.29, 1.82) is 0 Å². The second-order valence-electron chi connectivity index (χ2n) is 5.59. The van der Waals surface area contributed by atoms with Crippen LogP contribution in [-0.4, -0.2) is 36.3 Å². The van der Waals surface area contributed by atoms with Gasteiger partial charge in [0.2, 0.25) is 5.91 Å². The average molecular weight is 332 g/mol. The Kier molecular flexibility index (Phi) is 5.25. The third-order valence-corrected chi connectivity index (χ3v) is 4.61. The molecule has 0 aromatic carbocycles. The molecule has 0 saturated carbocycles. The summed E-state index contributed by atoms with van der Waals surface area (Å²) < 4.78 is 11.5. The lowest BCUT2D eigenvalue weighted by Crippen LogP contribution is -2.51. The molecule has 1 aliphatic rings. The summed E-state index contributed by atoms with van der Waals surface area (Å²) in [6, 6.07) is 7.68. The van der Waals surface area contributed by atoms with E-state index in [-0.39, 0.29) is 18.1 Å². The lowest BCUT2D eigenvalue weighted by atomic mass is 10.1. The lowest BCUT2D eigenvalue weighted by molar-refractivity contribution is -0.123. The van der Waals surface area contributed by atoms with Gasteiger partial charge in [0, 0.05) is 17.2 Å². The summed E-state index contributed by atoms with van der Waals surface area (Å²) >= 11 is 1.59. The van der Waals surface area contributed by atoms with Crippen LogP contribution in [-0.2, 0) is 16.0 Å². The molecular weight excluding hydrogens is 312 g/mol. The van der Waals surface area contributed by atoms with Crippen molar-refractivity contribution in [2.24, 2.45) is 0 Å². The van der Waals surface area contributed by atoms with Crippen molar-refractivity contribution in [3.05, 3.63) is 46.4 Å². The van der Waals surface area contributed by atoms with Crippen LogP contribution in [0, 0.1) is 6.92 Å². The van der Waals surface area contributed by atoms with E-state index in [0.717, 1.165) is 17.0 Å². The molecule has 6 heteroatoms. The monoisotopic (exact) mass is 332 g/mol. The van der Waals surface area contributed by atoms with Gasteiger partial charge in [-0.2, -0.15) is 0 Å². The van der Waals surface area contributed by atoms with Crippen LogP contribution >= 0.6 is 11.3 Å². The zero-order chi connectivity index (χ0) is 16.1. The number of hydrogen-bond acceptors (Lipinski definition) is 5. The first-order chi connectivity index (χ1) is 11.2. The van der Waals surface area contributed by atoms with Crippen molar-refractivity contribution in [1.82, 2.24) is 10.3 Å². The maximum absolute atomic E-state index is 12.2. The van der Waals surface area contributed by atoms with Gasteiger partial charge in [0.05, 0.1) is 25.3 Å². The molecule has 0 unspecified atom stereocenters. The van der Waals surface area contributed by atoms with Crippen LogP contribution in [0.5, 0.6) is 5.75 Å². The summed E-state index contributed by atoms with van der Waals surface area (Å²) in [6.07, 6.45) is 2.67. The molecule has 0 spiro atoms. The Bertz CT molecular complexity index is 628. The first kappa shape index (κ1) is 16.0. The van der Waals surface area contributed by atoms with E-state index < -0.39 is 0 Å². The molecule has 0 aliphatic carbocycles. The lowest BCUT2D eigenvalue weighted by Gasteiger charge is -2.32. The highest BCUT2D eigenvalue weighted by atomic mass is 32.1. The number of nitrogens with one attached hydrogen (secondary N) is 1. The van der Waals surface area contributed by atoms with Gasteiger partial charge in [-0.3, -0.25) is 9.78 Å². The minimum atomic E-state index is -0.194. The van der Waals surface area contributed by atoms with E-state index in [1.54, 1.807) is 17.5 Å². The van der Waals surface area contributed by atoms with E-state index in [0.29, 0.717) is 25.4 Å². The topological polar surface area (TPSA) is 60.5 Å². The Labute approximate surface area is 139 Å². The number of carbonyl (C=O) groups is 1. The number of aromatic nitrogens is 1. The summed E-state index contributed by atoms with van der Waals surface area (Å²) in [5.41, 5.74) is 0.943. The molecule has 2 aromatic rings. The number of rotatable bonds is 5. The van der Waals surface area contributed by atoms with Gasteiger partial charge in [-0.25, -0.2) is 0 Å². The fourth-order valence-electron chi connectivity index (χ4n) is 2.52. The highest BCUT2D eigenvalue weighted by Crippen LogP contribution is 2.18. The minimum absolute atomic E-state index is 0.0231. The zero-order valence-corrected chi connectivity index (χ0v) is 13.8. The van der Waals surface area contributed by atoms with E-state index in [1.807, 2.05) is 36.6 Å². The molecule has 1 fully saturated rings. The van der Waals surface area contributed by atoms with Crippen molar-refractivity contribution >= 4 is 17.2 Å². The highest BCUT2D eigenvalue weighted by Gasteiger charge is 2.29. The fraction of sp³-hybridized carbons (Fsp3) is 0.412. The third kappa shape index (κ3) is 4.53. The van der Waals surface area contributed by atoms with Crippen molar-refractivity contribution < 1.29 is 14.3 Å². The minimum Gasteiger partial charge on any atom is -0.484 e. The van der Waals surface area contributed by atoms with Gasteiger partial charge in [-0.15, -0.1) is 11.3 Å². The van der Waals surface area contributed by atoms with Crippen molar-refractivity contribution in [3.8, 4) is 5.75 Å². The molecule has 122 valence electrons. The summed E-state index contributed by atoms with van der Waals surface area (Å²) in [5.74, 6) is 0.721. The number of aryl methyl sites for hydroxylation is 1. The Morgan fingerprint density at radius 2 is 2.39 bits per heavy atom. The average Bonchev–Trinajstić information content (AvgIpc) is 3.04. The highest BCUT2D eigenvalue weighted by molar-refractivity contribution is 7.10. The van der Waals surface area contributed by atoms with Crippen molar-refractivity contribution in [2.45, 2.75) is 31.9 Å². The van der Waals surface area contributed by atoms with Gasteiger partial charge >= 0.3 is 0 Å². The van der Waals surface area contributed by atoms with Gasteiger partial charge in [-0.1, -0.05) is 6.07 Å². The molecule has 3 rings (SSSR count). The van der Waals surface area contributed by atoms with Gasteiger partial charge in [0.1, 0.15) is 11.9 Å². The maximum Gasteiger partial charge on any atom is 0.225 e. The molecule has 1 N–H and O–H groups in total. The smallest absolute Gasteiger partial charge is 0.225 e. The van der Waals surface area contributed by atoms with E-state index in [1.165, 1.54) is 0 Å². The van der Waals surface area contributed by atoms with E-state index in [2.05, 4.69) is 10.3 Å². The molecule has 2 aromatic heterocycles. The number of pyridine rings is 1. The number of amides is 1. The zero-order valence-electron chi connectivity index (χ0n) is 13.0. The van der Waals surface area contributed by atoms with Crippen LogP contribution in [0.1, 0.15) is 17.0 Å². The standard InChI is InChI=1S/C17H20N2O3S/c1-12-4-5-13(10-18-12)22-16-11-21-7-6-15(16)19-17(20)9-14-3-2-8-23-14/h2-5,8,10,15-16H,6-7,9,11H2,1H3,(H,19,20)/t15-,16+/m1/s1. The van der Waals surface area contributed by atoms with Gasteiger partial charge in [0.25, 0.3) is 0 Å². The Morgan fingerprint density at radius 3 is 3.13 bits per heavy atom. The number of hydrogen-bond donors (Lipinski definition) is 1. The normalized spacial score (nSPS) is 20.9. The third-order valence-electron chi connectivity index (χ3n) is 3.74. The molecule has 0 bridgehead atoms. The van der Waals surface area contributed by atoms with Gasteiger partial charge in [-0.05, 0) is 36.9 Å². The van der Waals surface area contributed by atoms with Gasteiger partial charge in [0.15, 0.2) is 0 Å². The molecule has 0 radical (unpaired) electrons. The predicted octanol–water partition coefficient (Wildman–Crippen LogP) is 2.35. The molecule has 5 nitrogen and oxygen atoms in total. The predicted molar refractivity (Wildman–Crippen MR) is 88.8 cm³/mol. The molecule has 2 atom stereocenters. The molecule has 23 heavy (non-hydrogen) atoms. The van der Waals surface area contributed by atoms with Gasteiger partial charge < -0.3 is 14.8 Å². The number of ether oxygens (including phenoxy) is 2. The van der Waals surface area contributed by atoms with Crippen LogP contribution in [0.4, 0.5) is 0 Å². The quantitative estimate of drug-likeness (QED) is 0.913. The largest absolute Gasteiger partial charge is 0.484 e. The SMILES string of the molecule is Cc1ccc(O[C@H]2COCC[C@H]2NC(=O)Cc2cccs2)cn1. The Balaban J connectivity index is 1.59. The van der Waals surface area contributed by atoms with Crippen molar-refractivity contribution in [2.75, 3.05) is 13.2 Å². The van der Waals surface area contributed by atoms with E-state index >= 15 is 0 Å². The molecule has 1 aliphatic heterocycles. The van der Waals surface area contributed by atoms with Crippen molar-refractivity contribution in [3.63, 3.8) is 0 Å². The first-order valence-electron chi connectivity index (χ1n) is 7.69. The maximum atomic E-state index is 12.2.